The predicted molar refractivity (Wildman–Crippen MR) is 90.8 cm³/mol. The Kier molecular flexibility index (Phi) is 6.42. The molecule has 1 saturated heterocycles. The van der Waals surface area contributed by atoms with E-state index in [1.165, 1.54) is 0 Å². The molecule has 0 N–H and O–H groups in total. The Morgan fingerprint density at radius 3 is 2.83 bits per heavy atom. The second-order valence-electron chi connectivity index (χ2n) is 6.31. The van der Waals surface area contributed by atoms with E-state index in [2.05, 4.69) is 11.9 Å². The highest BCUT2D eigenvalue weighted by atomic mass is 16.5. The van der Waals surface area contributed by atoms with Crippen molar-refractivity contribution in [3.8, 4) is 5.75 Å². The Hall–Kier alpha value is -1.59. The molecule has 2 atom stereocenters. The molecule has 1 aromatic rings. The van der Waals surface area contributed by atoms with E-state index in [0.29, 0.717) is 12.5 Å². The van der Waals surface area contributed by atoms with Crippen molar-refractivity contribution in [3.63, 3.8) is 0 Å². The minimum atomic E-state index is 0.182. The van der Waals surface area contributed by atoms with Gasteiger partial charge in [0.15, 0.2) is 0 Å². The van der Waals surface area contributed by atoms with Gasteiger partial charge in [-0.1, -0.05) is 12.1 Å². The lowest BCUT2D eigenvalue weighted by Crippen LogP contribution is -2.39. The van der Waals surface area contributed by atoms with Crippen LogP contribution in [0.15, 0.2) is 24.3 Å². The number of hydrogen-bond acceptors (Lipinski definition) is 4. The number of amides is 1. The normalized spacial score (nSPS) is 21.4. The highest BCUT2D eigenvalue weighted by Crippen LogP contribution is 2.19. The average Bonchev–Trinajstić information content (AvgIpc) is 2.92. The standard InChI is InChI=1S/C18H28N2O3/c1-19-13-17(23-4)11-15(19)12-20(2)18(21)9-8-14-6-5-7-16(10-14)22-3/h5-7,10,15,17H,8-9,11-13H2,1-4H3/t15-,17-/m0/s1. The van der Waals surface area contributed by atoms with Crippen molar-refractivity contribution in [2.75, 3.05) is 41.4 Å². The zero-order valence-corrected chi connectivity index (χ0v) is 14.6. The van der Waals surface area contributed by atoms with E-state index in [-0.39, 0.29) is 12.0 Å². The van der Waals surface area contributed by atoms with E-state index in [0.717, 1.165) is 37.2 Å². The minimum Gasteiger partial charge on any atom is -0.497 e. The molecule has 0 bridgehead atoms. The maximum Gasteiger partial charge on any atom is 0.222 e. The monoisotopic (exact) mass is 320 g/mol. The molecule has 1 aliphatic rings. The summed E-state index contributed by atoms with van der Waals surface area (Å²) in [6.45, 7) is 1.69. The summed E-state index contributed by atoms with van der Waals surface area (Å²) in [6.07, 6.45) is 2.53. The van der Waals surface area contributed by atoms with Crippen molar-refractivity contribution in [2.45, 2.75) is 31.4 Å². The Morgan fingerprint density at radius 1 is 1.39 bits per heavy atom. The molecule has 0 spiro atoms. The topological polar surface area (TPSA) is 42.0 Å². The van der Waals surface area contributed by atoms with E-state index in [1.54, 1.807) is 14.2 Å². The van der Waals surface area contributed by atoms with E-state index in [9.17, 15) is 4.79 Å². The number of benzene rings is 1. The van der Waals surface area contributed by atoms with Crippen LogP contribution in [0.5, 0.6) is 5.75 Å². The summed E-state index contributed by atoms with van der Waals surface area (Å²) >= 11 is 0. The van der Waals surface area contributed by atoms with Crippen molar-refractivity contribution < 1.29 is 14.3 Å². The number of likely N-dealkylation sites (tertiary alicyclic amines) is 1. The Labute approximate surface area is 139 Å². The Bertz CT molecular complexity index is 521. The maximum absolute atomic E-state index is 12.4. The fourth-order valence-electron chi connectivity index (χ4n) is 3.10. The lowest BCUT2D eigenvalue weighted by molar-refractivity contribution is -0.130. The van der Waals surface area contributed by atoms with Gasteiger partial charge in [-0.05, 0) is 37.6 Å². The zero-order valence-electron chi connectivity index (χ0n) is 14.6. The van der Waals surface area contributed by atoms with Crippen LogP contribution < -0.4 is 4.74 Å². The summed E-state index contributed by atoms with van der Waals surface area (Å²) < 4.78 is 10.6. The summed E-state index contributed by atoms with van der Waals surface area (Å²) in [5.41, 5.74) is 1.13. The first-order valence-corrected chi connectivity index (χ1v) is 8.13. The summed E-state index contributed by atoms with van der Waals surface area (Å²) in [6, 6.07) is 8.27. The molecule has 23 heavy (non-hydrogen) atoms. The van der Waals surface area contributed by atoms with Crippen LogP contribution in [0, 0.1) is 0 Å². The molecule has 5 nitrogen and oxygen atoms in total. The van der Waals surface area contributed by atoms with Gasteiger partial charge in [0.05, 0.1) is 13.2 Å². The molecule has 0 saturated carbocycles. The van der Waals surface area contributed by atoms with Crippen LogP contribution in [0.3, 0.4) is 0 Å². The first kappa shape index (κ1) is 17.8. The molecular formula is C18H28N2O3. The van der Waals surface area contributed by atoms with Gasteiger partial charge in [0, 0.05) is 39.7 Å². The number of carbonyl (C=O) groups is 1. The van der Waals surface area contributed by atoms with E-state index in [4.69, 9.17) is 9.47 Å². The molecule has 0 unspecified atom stereocenters. The molecule has 1 heterocycles. The van der Waals surface area contributed by atoms with E-state index >= 15 is 0 Å². The van der Waals surface area contributed by atoms with E-state index in [1.807, 2.05) is 36.2 Å². The number of likely N-dealkylation sites (N-methyl/N-ethyl adjacent to an activating group) is 2. The lowest BCUT2D eigenvalue weighted by atomic mass is 10.1. The van der Waals surface area contributed by atoms with Gasteiger partial charge in [-0.25, -0.2) is 0 Å². The van der Waals surface area contributed by atoms with Gasteiger partial charge < -0.3 is 14.4 Å². The summed E-state index contributed by atoms with van der Waals surface area (Å²) in [5, 5.41) is 0. The molecule has 1 aliphatic heterocycles. The zero-order chi connectivity index (χ0) is 16.8. The number of carbonyl (C=O) groups excluding carboxylic acids is 1. The molecule has 2 rings (SSSR count). The summed E-state index contributed by atoms with van der Waals surface area (Å²) in [5.74, 6) is 1.02. The van der Waals surface area contributed by atoms with Crippen LogP contribution in [-0.2, 0) is 16.0 Å². The van der Waals surface area contributed by atoms with Crippen molar-refractivity contribution >= 4 is 5.91 Å². The van der Waals surface area contributed by atoms with Gasteiger partial charge in [-0.15, -0.1) is 0 Å². The third kappa shape index (κ3) is 4.94. The van der Waals surface area contributed by atoms with Gasteiger partial charge >= 0.3 is 0 Å². The van der Waals surface area contributed by atoms with Crippen molar-refractivity contribution in [1.82, 2.24) is 9.80 Å². The molecule has 1 aromatic carbocycles. The Balaban J connectivity index is 1.80. The fourth-order valence-corrected chi connectivity index (χ4v) is 3.10. The fraction of sp³-hybridized carbons (Fsp3) is 0.611. The highest BCUT2D eigenvalue weighted by Gasteiger charge is 2.30. The second kappa shape index (κ2) is 8.31. The number of methoxy groups -OCH3 is 2. The third-order valence-electron chi connectivity index (χ3n) is 4.66. The summed E-state index contributed by atoms with van der Waals surface area (Å²) in [7, 11) is 7.40. The predicted octanol–water partition coefficient (Wildman–Crippen LogP) is 1.81. The largest absolute Gasteiger partial charge is 0.497 e. The average molecular weight is 320 g/mol. The van der Waals surface area contributed by atoms with Crippen LogP contribution in [0.4, 0.5) is 0 Å². The van der Waals surface area contributed by atoms with Crippen molar-refractivity contribution in [2.24, 2.45) is 0 Å². The second-order valence-corrected chi connectivity index (χ2v) is 6.31. The van der Waals surface area contributed by atoms with Crippen molar-refractivity contribution in [3.05, 3.63) is 29.8 Å². The molecule has 5 heteroatoms. The van der Waals surface area contributed by atoms with Gasteiger partial charge in [-0.2, -0.15) is 0 Å². The number of nitrogens with zero attached hydrogens (tertiary/aromatic N) is 2. The van der Waals surface area contributed by atoms with Gasteiger partial charge in [0.1, 0.15) is 5.75 Å². The minimum absolute atomic E-state index is 0.182. The first-order chi connectivity index (χ1) is 11.0. The number of ether oxygens (including phenoxy) is 2. The lowest BCUT2D eigenvalue weighted by Gasteiger charge is -2.25. The van der Waals surface area contributed by atoms with Gasteiger partial charge in [-0.3, -0.25) is 9.69 Å². The van der Waals surface area contributed by atoms with Crippen LogP contribution in [0.25, 0.3) is 0 Å². The highest BCUT2D eigenvalue weighted by molar-refractivity contribution is 5.76. The molecule has 1 amide bonds. The van der Waals surface area contributed by atoms with Crippen LogP contribution in [0.2, 0.25) is 0 Å². The smallest absolute Gasteiger partial charge is 0.222 e. The number of hydrogen-bond donors (Lipinski definition) is 0. The molecule has 0 aromatic heterocycles. The number of aryl methyl sites for hydroxylation is 1. The number of rotatable bonds is 7. The quantitative estimate of drug-likeness (QED) is 0.768. The van der Waals surface area contributed by atoms with Gasteiger partial charge in [0.2, 0.25) is 5.91 Å². The molecule has 1 fully saturated rings. The van der Waals surface area contributed by atoms with Crippen LogP contribution in [0.1, 0.15) is 18.4 Å². The Morgan fingerprint density at radius 2 is 2.17 bits per heavy atom. The molecular weight excluding hydrogens is 292 g/mol. The molecule has 0 radical (unpaired) electrons. The first-order valence-electron chi connectivity index (χ1n) is 8.13. The SMILES string of the molecule is COc1cccc(CCC(=O)N(C)C[C@@H]2C[C@H](OC)CN2C)c1. The third-order valence-corrected chi connectivity index (χ3v) is 4.66. The van der Waals surface area contributed by atoms with Crippen LogP contribution in [-0.4, -0.2) is 69.3 Å². The van der Waals surface area contributed by atoms with Crippen LogP contribution >= 0.6 is 0 Å². The maximum atomic E-state index is 12.4. The van der Waals surface area contributed by atoms with Gasteiger partial charge in [0.25, 0.3) is 0 Å². The summed E-state index contributed by atoms with van der Waals surface area (Å²) in [4.78, 5) is 16.5. The molecule has 128 valence electrons. The molecule has 0 aliphatic carbocycles. The van der Waals surface area contributed by atoms with Crippen molar-refractivity contribution in [1.29, 1.82) is 0 Å². The van der Waals surface area contributed by atoms with E-state index < -0.39 is 0 Å².